The van der Waals surface area contributed by atoms with Crippen molar-refractivity contribution < 1.29 is 9.53 Å². The Morgan fingerprint density at radius 2 is 2.38 bits per heavy atom. The smallest absolute Gasteiger partial charge is 0.245 e. The minimum absolute atomic E-state index is 0.0495. The van der Waals surface area contributed by atoms with Gasteiger partial charge in [-0.2, -0.15) is 5.10 Å². The zero-order valence-corrected chi connectivity index (χ0v) is 9.69. The molecule has 0 saturated carbocycles. The summed E-state index contributed by atoms with van der Waals surface area (Å²) >= 11 is 0. The number of allylic oxidation sites excluding steroid dienone is 1. The Hall–Kier alpha value is -1.58. The summed E-state index contributed by atoms with van der Waals surface area (Å²) in [5, 5.41) is 4.35. The third-order valence-electron chi connectivity index (χ3n) is 2.65. The number of aryl methyl sites for hydroxylation is 2. The molecule has 0 atom stereocenters. The first-order valence-electron chi connectivity index (χ1n) is 5.70. The number of aromatic nitrogens is 2. The number of rotatable bonds is 4. The summed E-state index contributed by atoms with van der Waals surface area (Å²) < 4.78 is 7.02. The second-order valence-electron chi connectivity index (χ2n) is 3.72. The molecule has 0 aliphatic carbocycles. The Bertz CT molecular complexity index is 432. The van der Waals surface area contributed by atoms with Crippen LogP contribution in [-0.4, -0.2) is 22.2 Å². The van der Waals surface area contributed by atoms with E-state index in [2.05, 4.69) is 5.10 Å². The van der Waals surface area contributed by atoms with E-state index in [0.717, 1.165) is 18.5 Å². The highest BCUT2D eigenvalue weighted by Gasteiger charge is 2.21. The van der Waals surface area contributed by atoms with Gasteiger partial charge in [0, 0.05) is 13.0 Å². The predicted octanol–water partition coefficient (Wildman–Crippen LogP) is 1.95. The van der Waals surface area contributed by atoms with Gasteiger partial charge in [-0.25, -0.2) is 0 Å². The van der Waals surface area contributed by atoms with Gasteiger partial charge in [-0.1, -0.05) is 6.92 Å². The van der Waals surface area contributed by atoms with E-state index in [1.54, 1.807) is 4.68 Å². The molecule has 1 aliphatic heterocycles. The Kier molecular flexibility index (Phi) is 3.08. The van der Waals surface area contributed by atoms with Crippen molar-refractivity contribution in [2.75, 3.05) is 6.61 Å². The summed E-state index contributed by atoms with van der Waals surface area (Å²) in [5.41, 5.74) is 1.58. The minimum Gasteiger partial charge on any atom is -0.489 e. The van der Waals surface area contributed by atoms with Gasteiger partial charge < -0.3 is 4.74 Å². The molecule has 4 nitrogen and oxygen atoms in total. The molecule has 0 amide bonds. The molecule has 0 fully saturated rings. The van der Waals surface area contributed by atoms with E-state index in [1.165, 1.54) is 0 Å². The number of carbonyl (C=O) groups is 1. The Balaban J connectivity index is 2.31. The van der Waals surface area contributed by atoms with E-state index in [-0.39, 0.29) is 5.78 Å². The lowest BCUT2D eigenvalue weighted by molar-refractivity contribution is 0.0932. The predicted molar refractivity (Wildman–Crippen MR) is 60.3 cm³/mol. The molecule has 1 aromatic rings. The molecule has 86 valence electrons. The van der Waals surface area contributed by atoms with Crippen molar-refractivity contribution in [3.63, 3.8) is 0 Å². The first-order chi connectivity index (χ1) is 7.76. The van der Waals surface area contributed by atoms with Gasteiger partial charge in [0.25, 0.3) is 0 Å². The van der Waals surface area contributed by atoms with E-state index in [1.807, 2.05) is 26.0 Å². The molecule has 0 bridgehead atoms. The Morgan fingerprint density at radius 3 is 2.94 bits per heavy atom. The van der Waals surface area contributed by atoms with E-state index in [4.69, 9.17) is 4.74 Å². The molecule has 16 heavy (non-hydrogen) atoms. The fourth-order valence-corrected chi connectivity index (χ4v) is 1.77. The molecule has 0 unspecified atom stereocenters. The molecule has 1 aromatic heterocycles. The minimum atomic E-state index is -0.0495. The molecule has 1 aliphatic rings. The molecule has 2 rings (SSSR count). The van der Waals surface area contributed by atoms with E-state index < -0.39 is 0 Å². The Labute approximate surface area is 94.9 Å². The largest absolute Gasteiger partial charge is 0.489 e. The second kappa shape index (κ2) is 4.51. The Morgan fingerprint density at radius 1 is 1.56 bits per heavy atom. The van der Waals surface area contributed by atoms with E-state index >= 15 is 0 Å². The zero-order valence-electron chi connectivity index (χ0n) is 9.69. The lowest BCUT2D eigenvalue weighted by Crippen LogP contribution is -2.11. The lowest BCUT2D eigenvalue weighted by atomic mass is 10.2. The number of Topliss-reactive ketones (excluding diaryl/α,β-unsaturated/α-hetero) is 1. The number of nitrogens with zero attached hydrogens (tertiary/aromatic N) is 2. The summed E-state index contributed by atoms with van der Waals surface area (Å²) in [4.78, 5) is 12.1. The first-order valence-corrected chi connectivity index (χ1v) is 5.70. The van der Waals surface area contributed by atoms with Crippen LogP contribution in [0.3, 0.4) is 0 Å². The van der Waals surface area contributed by atoms with Gasteiger partial charge in [0.05, 0.1) is 12.3 Å². The first kappa shape index (κ1) is 10.9. The number of hydrogen-bond donors (Lipinski definition) is 0. The van der Waals surface area contributed by atoms with Crippen LogP contribution >= 0.6 is 0 Å². The quantitative estimate of drug-likeness (QED) is 0.728. The second-order valence-corrected chi connectivity index (χ2v) is 3.72. The van der Waals surface area contributed by atoms with Crippen LogP contribution in [0.1, 0.15) is 36.5 Å². The van der Waals surface area contributed by atoms with Crippen molar-refractivity contribution >= 4 is 5.78 Å². The van der Waals surface area contributed by atoms with Gasteiger partial charge in [-0.05, 0) is 25.5 Å². The van der Waals surface area contributed by atoms with E-state index in [9.17, 15) is 4.79 Å². The highest BCUT2D eigenvalue weighted by Crippen LogP contribution is 2.17. The maximum Gasteiger partial charge on any atom is 0.245 e. The summed E-state index contributed by atoms with van der Waals surface area (Å²) in [6, 6.07) is 1.86. The average molecular weight is 220 g/mol. The molecule has 2 heterocycles. The van der Waals surface area contributed by atoms with Crippen molar-refractivity contribution in [1.29, 1.82) is 0 Å². The van der Waals surface area contributed by atoms with Gasteiger partial charge in [0.1, 0.15) is 5.69 Å². The maximum absolute atomic E-state index is 12.1. The molecule has 4 heteroatoms. The van der Waals surface area contributed by atoms with Gasteiger partial charge >= 0.3 is 0 Å². The van der Waals surface area contributed by atoms with Crippen LogP contribution < -0.4 is 0 Å². The lowest BCUT2D eigenvalue weighted by Gasteiger charge is -2.04. The van der Waals surface area contributed by atoms with Crippen molar-refractivity contribution in [1.82, 2.24) is 9.78 Å². The topological polar surface area (TPSA) is 44.1 Å². The SMILES string of the molecule is CCc1cc(C(=O)C2=CCCO2)n(CC)n1. The van der Waals surface area contributed by atoms with Gasteiger partial charge in [0.15, 0.2) is 5.76 Å². The molecule has 0 aromatic carbocycles. The van der Waals surface area contributed by atoms with Gasteiger partial charge in [-0.3, -0.25) is 9.48 Å². The highest BCUT2D eigenvalue weighted by atomic mass is 16.5. The molecule has 0 N–H and O–H groups in total. The fourth-order valence-electron chi connectivity index (χ4n) is 1.77. The molecule has 0 radical (unpaired) electrons. The normalized spacial score (nSPS) is 14.8. The summed E-state index contributed by atoms with van der Waals surface area (Å²) in [5.74, 6) is 0.420. The van der Waals surface area contributed by atoms with Crippen LogP contribution in [0.25, 0.3) is 0 Å². The van der Waals surface area contributed by atoms with E-state index in [0.29, 0.717) is 24.6 Å². The van der Waals surface area contributed by atoms with Crippen molar-refractivity contribution in [2.24, 2.45) is 0 Å². The zero-order chi connectivity index (χ0) is 11.5. The van der Waals surface area contributed by atoms with Crippen LogP contribution in [-0.2, 0) is 17.7 Å². The van der Waals surface area contributed by atoms with Crippen molar-refractivity contribution in [3.8, 4) is 0 Å². The van der Waals surface area contributed by atoms with Crippen LogP contribution in [0.5, 0.6) is 0 Å². The number of ether oxygens (including phenoxy) is 1. The van der Waals surface area contributed by atoms with Crippen molar-refractivity contribution in [2.45, 2.75) is 33.2 Å². The van der Waals surface area contributed by atoms with Crippen LogP contribution in [0.15, 0.2) is 17.9 Å². The summed E-state index contributed by atoms with van der Waals surface area (Å²) in [7, 11) is 0. The summed E-state index contributed by atoms with van der Waals surface area (Å²) in [6.07, 6.45) is 3.51. The molecule has 0 spiro atoms. The van der Waals surface area contributed by atoms with Crippen LogP contribution in [0.2, 0.25) is 0 Å². The molecular formula is C12H16N2O2. The third-order valence-corrected chi connectivity index (χ3v) is 2.65. The molecular weight excluding hydrogens is 204 g/mol. The maximum atomic E-state index is 12.1. The van der Waals surface area contributed by atoms with Gasteiger partial charge in [-0.15, -0.1) is 0 Å². The van der Waals surface area contributed by atoms with Crippen LogP contribution in [0.4, 0.5) is 0 Å². The standard InChI is InChI=1S/C12H16N2O2/c1-3-9-8-10(14(4-2)13-9)12(15)11-6-5-7-16-11/h6,8H,3-5,7H2,1-2H3. The van der Waals surface area contributed by atoms with Gasteiger partial charge in [0.2, 0.25) is 5.78 Å². The monoisotopic (exact) mass is 220 g/mol. The average Bonchev–Trinajstić information content (AvgIpc) is 2.96. The number of carbonyl (C=O) groups excluding carboxylic acids is 1. The van der Waals surface area contributed by atoms with Crippen LogP contribution in [0, 0.1) is 0 Å². The number of hydrogen-bond acceptors (Lipinski definition) is 3. The molecule has 0 saturated heterocycles. The fraction of sp³-hybridized carbons (Fsp3) is 0.500. The van der Waals surface area contributed by atoms with Crippen molar-refractivity contribution in [3.05, 3.63) is 29.3 Å². The highest BCUT2D eigenvalue weighted by molar-refractivity contribution is 6.06. The third kappa shape index (κ3) is 1.87. The summed E-state index contributed by atoms with van der Waals surface area (Å²) in [6.45, 7) is 5.32. The number of ketones is 1.